The maximum absolute atomic E-state index is 13.5. The van der Waals surface area contributed by atoms with Gasteiger partial charge in [-0.05, 0) is 60.1 Å². The smallest absolute Gasteiger partial charge is 0.292 e. The molecule has 32 heavy (non-hydrogen) atoms. The number of benzene rings is 2. The number of aryl methyl sites for hydroxylation is 1. The topological polar surface area (TPSA) is 48.0 Å². The predicted octanol–water partition coefficient (Wildman–Crippen LogP) is 5.34. The van der Waals surface area contributed by atoms with E-state index in [1.165, 1.54) is 11.1 Å². The second kappa shape index (κ2) is 9.24. The van der Waals surface area contributed by atoms with Gasteiger partial charge in [-0.3, -0.25) is 4.79 Å². The minimum atomic E-state index is -1.30. The van der Waals surface area contributed by atoms with E-state index in [4.69, 9.17) is 14.2 Å². The second-order valence-corrected chi connectivity index (χ2v) is 9.70. The molecule has 5 nitrogen and oxygen atoms in total. The number of carbonyl (C=O) groups is 1. The highest BCUT2D eigenvalue weighted by Gasteiger charge is 2.54. The van der Waals surface area contributed by atoms with E-state index >= 15 is 0 Å². The van der Waals surface area contributed by atoms with E-state index in [2.05, 4.69) is 52.0 Å². The van der Waals surface area contributed by atoms with Gasteiger partial charge in [0.05, 0.1) is 25.4 Å². The summed E-state index contributed by atoms with van der Waals surface area (Å²) in [7, 11) is 0. The number of hydrogen-bond acceptors (Lipinski definition) is 4. The third kappa shape index (κ3) is 4.41. The summed E-state index contributed by atoms with van der Waals surface area (Å²) >= 11 is 0. The van der Waals surface area contributed by atoms with Crippen molar-refractivity contribution < 1.29 is 19.0 Å². The lowest BCUT2D eigenvalue weighted by molar-refractivity contribution is -0.256. The van der Waals surface area contributed by atoms with Gasteiger partial charge in [0.25, 0.3) is 11.7 Å². The molecule has 0 bridgehead atoms. The second-order valence-electron chi connectivity index (χ2n) is 9.70. The Morgan fingerprint density at radius 2 is 1.78 bits per heavy atom. The van der Waals surface area contributed by atoms with Crippen LogP contribution in [0.3, 0.4) is 0 Å². The summed E-state index contributed by atoms with van der Waals surface area (Å²) in [5.41, 5.74) is 4.29. The molecule has 0 saturated carbocycles. The van der Waals surface area contributed by atoms with Gasteiger partial charge in [0.2, 0.25) is 0 Å². The summed E-state index contributed by atoms with van der Waals surface area (Å²) in [5.74, 6) is -0.643. The first-order valence-corrected chi connectivity index (χ1v) is 11.8. The molecule has 5 heteroatoms. The summed E-state index contributed by atoms with van der Waals surface area (Å²) < 4.78 is 18.0. The highest BCUT2D eigenvalue weighted by molar-refractivity contribution is 6.06. The lowest BCUT2D eigenvalue weighted by Crippen LogP contribution is -2.48. The molecule has 4 rings (SSSR count). The molecule has 2 aliphatic heterocycles. The lowest BCUT2D eigenvalue weighted by Gasteiger charge is -2.32. The van der Waals surface area contributed by atoms with Crippen molar-refractivity contribution in [2.24, 2.45) is 0 Å². The first-order valence-electron chi connectivity index (χ1n) is 11.8. The van der Waals surface area contributed by atoms with Crippen LogP contribution in [0.5, 0.6) is 5.75 Å². The van der Waals surface area contributed by atoms with E-state index < -0.39 is 5.79 Å². The number of ether oxygens (including phenoxy) is 3. The Hall–Kier alpha value is -2.37. The van der Waals surface area contributed by atoms with E-state index in [1.807, 2.05) is 18.2 Å². The fourth-order valence-electron chi connectivity index (χ4n) is 4.36. The van der Waals surface area contributed by atoms with Crippen molar-refractivity contribution in [2.45, 2.75) is 64.6 Å². The number of fused-ring (bicyclic) bond motifs is 2. The summed E-state index contributed by atoms with van der Waals surface area (Å²) in [6.45, 7) is 10.6. The van der Waals surface area contributed by atoms with Crippen LogP contribution in [0.1, 0.15) is 63.6 Å². The quantitative estimate of drug-likeness (QED) is 0.586. The van der Waals surface area contributed by atoms with Gasteiger partial charge in [-0.2, -0.15) is 0 Å². The van der Waals surface area contributed by atoms with Crippen molar-refractivity contribution in [1.82, 2.24) is 0 Å². The Labute approximate surface area is 191 Å². The molecule has 0 atom stereocenters. The highest BCUT2D eigenvalue weighted by atomic mass is 16.7. The van der Waals surface area contributed by atoms with Crippen LogP contribution in [0.2, 0.25) is 0 Å². The van der Waals surface area contributed by atoms with E-state index in [9.17, 15) is 4.79 Å². The maximum atomic E-state index is 13.5. The molecule has 1 amide bonds. The predicted molar refractivity (Wildman–Crippen MR) is 126 cm³/mol. The van der Waals surface area contributed by atoms with Gasteiger partial charge < -0.3 is 19.1 Å². The van der Waals surface area contributed by atoms with Crippen LogP contribution in [-0.2, 0) is 31.9 Å². The molecule has 2 aliphatic rings. The standard InChI is InChI=1S/C27H35NO4/c1-5-6-8-20-9-14-24-23(19-20)27(31-16-7-17-32-27)25(29)28(24)15-18-30-22-12-10-21(11-13-22)26(2,3)4/h9-14,19H,5-8,15-18H2,1-4H3. The van der Waals surface area contributed by atoms with Gasteiger partial charge in [0, 0.05) is 5.56 Å². The van der Waals surface area contributed by atoms with Gasteiger partial charge >= 0.3 is 0 Å². The zero-order chi connectivity index (χ0) is 22.8. The Balaban J connectivity index is 1.50. The number of hydrogen-bond donors (Lipinski definition) is 0. The molecule has 2 aromatic rings. The first-order chi connectivity index (χ1) is 15.3. The number of nitrogens with zero attached hydrogens (tertiary/aromatic N) is 1. The van der Waals surface area contributed by atoms with Crippen LogP contribution in [0.4, 0.5) is 5.69 Å². The number of anilines is 1. The molecular weight excluding hydrogens is 402 g/mol. The first kappa shape index (κ1) is 22.8. The number of carbonyl (C=O) groups excluding carboxylic acids is 1. The Morgan fingerprint density at radius 3 is 2.44 bits per heavy atom. The zero-order valence-electron chi connectivity index (χ0n) is 19.8. The van der Waals surface area contributed by atoms with E-state index in [0.29, 0.717) is 26.4 Å². The average Bonchev–Trinajstić information content (AvgIpc) is 3.00. The summed E-state index contributed by atoms with van der Waals surface area (Å²) in [6, 6.07) is 14.4. The minimum Gasteiger partial charge on any atom is -0.492 e. The Kier molecular flexibility index (Phi) is 6.59. The zero-order valence-corrected chi connectivity index (χ0v) is 19.8. The van der Waals surface area contributed by atoms with Crippen molar-refractivity contribution in [2.75, 3.05) is 31.3 Å². The minimum absolute atomic E-state index is 0.106. The van der Waals surface area contributed by atoms with Crippen LogP contribution >= 0.6 is 0 Å². The third-order valence-electron chi connectivity index (χ3n) is 6.26. The molecular formula is C27H35NO4. The molecule has 172 valence electrons. The van der Waals surface area contributed by atoms with Gasteiger partial charge in [-0.25, -0.2) is 0 Å². The molecule has 1 fully saturated rings. The molecule has 2 aromatic carbocycles. The van der Waals surface area contributed by atoms with Crippen molar-refractivity contribution >= 4 is 11.6 Å². The van der Waals surface area contributed by atoms with Gasteiger partial charge in [-0.1, -0.05) is 52.3 Å². The van der Waals surface area contributed by atoms with E-state index in [0.717, 1.165) is 42.7 Å². The largest absolute Gasteiger partial charge is 0.492 e. The Bertz CT molecular complexity index is 939. The average molecular weight is 438 g/mol. The van der Waals surface area contributed by atoms with E-state index in [1.54, 1.807) is 4.90 Å². The van der Waals surface area contributed by atoms with Crippen LogP contribution in [0.15, 0.2) is 42.5 Å². The molecule has 0 radical (unpaired) electrons. The summed E-state index contributed by atoms with van der Waals surface area (Å²) in [5, 5.41) is 0. The van der Waals surface area contributed by atoms with Crippen LogP contribution in [-0.4, -0.2) is 32.3 Å². The fourth-order valence-corrected chi connectivity index (χ4v) is 4.36. The van der Waals surface area contributed by atoms with Gasteiger partial charge in [0.15, 0.2) is 0 Å². The highest BCUT2D eigenvalue weighted by Crippen LogP contribution is 2.45. The normalized spacial score (nSPS) is 17.6. The molecule has 1 saturated heterocycles. The van der Waals surface area contributed by atoms with Crippen molar-refractivity contribution in [3.05, 3.63) is 59.2 Å². The van der Waals surface area contributed by atoms with Crippen molar-refractivity contribution in [3.63, 3.8) is 0 Å². The molecule has 0 N–H and O–H groups in total. The summed E-state index contributed by atoms with van der Waals surface area (Å²) in [6.07, 6.45) is 4.04. The monoisotopic (exact) mass is 437 g/mol. The van der Waals surface area contributed by atoms with Crippen LogP contribution in [0.25, 0.3) is 0 Å². The Morgan fingerprint density at radius 1 is 1.06 bits per heavy atom. The van der Waals surface area contributed by atoms with Gasteiger partial charge in [0.1, 0.15) is 12.4 Å². The fraction of sp³-hybridized carbons (Fsp3) is 0.519. The van der Waals surface area contributed by atoms with E-state index in [-0.39, 0.29) is 11.3 Å². The number of rotatable bonds is 7. The SMILES string of the molecule is CCCCc1ccc2c(c1)C1(OCCCO1)C(=O)N2CCOc1ccc(C(C)(C)C)cc1. The number of unbranched alkanes of at least 4 members (excludes halogenated alkanes) is 1. The van der Waals surface area contributed by atoms with Crippen molar-refractivity contribution in [1.29, 1.82) is 0 Å². The summed E-state index contributed by atoms with van der Waals surface area (Å²) in [4.78, 5) is 15.2. The molecule has 0 aliphatic carbocycles. The van der Waals surface area contributed by atoms with Crippen molar-refractivity contribution in [3.8, 4) is 5.75 Å². The molecule has 0 unspecified atom stereocenters. The third-order valence-corrected chi connectivity index (χ3v) is 6.26. The maximum Gasteiger partial charge on any atom is 0.292 e. The van der Waals surface area contributed by atoms with Crippen LogP contribution in [0, 0.1) is 0 Å². The molecule has 0 aromatic heterocycles. The lowest BCUT2D eigenvalue weighted by atomic mass is 9.87. The van der Waals surface area contributed by atoms with Gasteiger partial charge in [-0.15, -0.1) is 0 Å². The van der Waals surface area contributed by atoms with Crippen LogP contribution < -0.4 is 9.64 Å². The molecule has 1 spiro atoms. The molecule has 2 heterocycles. The number of amides is 1.